The second kappa shape index (κ2) is 7.14. The number of nitrogens with zero attached hydrogens (tertiary/aromatic N) is 2. The number of rotatable bonds is 4. The third-order valence-corrected chi connectivity index (χ3v) is 4.98. The fourth-order valence-corrected chi connectivity index (χ4v) is 3.73. The third kappa shape index (κ3) is 3.48. The molecule has 0 aliphatic carbocycles. The summed E-state index contributed by atoms with van der Waals surface area (Å²) in [6.45, 7) is 0.820. The molecule has 2 fully saturated rings. The Bertz CT molecular complexity index is 731. The minimum absolute atomic E-state index is 0.0418. The quantitative estimate of drug-likeness (QED) is 0.813. The van der Waals surface area contributed by atoms with Crippen LogP contribution >= 0.6 is 0 Å². The number of piperazine rings is 1. The molecule has 2 unspecified atom stereocenters. The van der Waals surface area contributed by atoms with Crippen LogP contribution in [0.4, 0.5) is 18.0 Å². The van der Waals surface area contributed by atoms with Crippen molar-refractivity contribution in [3.05, 3.63) is 35.1 Å². The lowest BCUT2D eigenvalue weighted by Crippen LogP contribution is -2.51. The lowest BCUT2D eigenvalue weighted by Gasteiger charge is -2.33. The third-order valence-electron chi connectivity index (χ3n) is 4.98. The van der Waals surface area contributed by atoms with E-state index in [1.54, 1.807) is 9.80 Å². The zero-order valence-corrected chi connectivity index (χ0v) is 14.3. The molecule has 9 heteroatoms. The highest BCUT2D eigenvalue weighted by molar-refractivity contribution is 5.78. The van der Waals surface area contributed by atoms with Gasteiger partial charge in [-0.15, -0.1) is 0 Å². The number of halogens is 3. The van der Waals surface area contributed by atoms with Gasteiger partial charge in [0.1, 0.15) is 5.82 Å². The standard InChI is InChI=1S/C17H20F3N3O3/c1-26-17(25)23-8-11-5-12(23)7-22(11)16(24)4-10(21)2-9-3-14(19)15(20)6-13(9)18/h3,6,10-12H,2,4-5,7-8,21H2,1H3/t10-,11?,12?/m1/s1. The van der Waals surface area contributed by atoms with E-state index >= 15 is 0 Å². The number of benzene rings is 1. The molecule has 3 atom stereocenters. The predicted molar refractivity (Wildman–Crippen MR) is 85.6 cm³/mol. The van der Waals surface area contributed by atoms with Gasteiger partial charge in [0.05, 0.1) is 19.2 Å². The molecule has 2 saturated heterocycles. The number of methoxy groups -OCH3 is 1. The molecule has 2 aliphatic heterocycles. The Kier molecular flexibility index (Phi) is 5.08. The van der Waals surface area contributed by atoms with Crippen molar-refractivity contribution < 1.29 is 27.5 Å². The molecule has 2 heterocycles. The SMILES string of the molecule is COC(=O)N1CC2CC1CN2C(=O)C[C@H](N)Cc1cc(F)c(F)cc1F. The molecule has 2 bridgehead atoms. The molecule has 1 aromatic rings. The van der Waals surface area contributed by atoms with E-state index in [0.717, 1.165) is 6.07 Å². The lowest BCUT2D eigenvalue weighted by atomic mass is 10.0. The van der Waals surface area contributed by atoms with Crippen LogP contribution in [0.1, 0.15) is 18.4 Å². The number of nitrogens with two attached hydrogens (primary N) is 1. The molecule has 2 amide bonds. The van der Waals surface area contributed by atoms with Gasteiger partial charge in [0.15, 0.2) is 11.6 Å². The molecule has 26 heavy (non-hydrogen) atoms. The van der Waals surface area contributed by atoms with E-state index in [2.05, 4.69) is 0 Å². The van der Waals surface area contributed by atoms with Crippen LogP contribution in [0.3, 0.4) is 0 Å². The van der Waals surface area contributed by atoms with Gasteiger partial charge < -0.3 is 20.3 Å². The monoisotopic (exact) mass is 371 g/mol. The summed E-state index contributed by atoms with van der Waals surface area (Å²) in [5.74, 6) is -3.50. The molecule has 1 aromatic carbocycles. The number of amides is 2. The van der Waals surface area contributed by atoms with Crippen LogP contribution in [-0.2, 0) is 16.0 Å². The maximum Gasteiger partial charge on any atom is 0.409 e. The number of likely N-dealkylation sites (tertiary alicyclic amines) is 2. The highest BCUT2D eigenvalue weighted by Gasteiger charge is 2.47. The van der Waals surface area contributed by atoms with Crippen LogP contribution in [0.5, 0.6) is 0 Å². The summed E-state index contributed by atoms with van der Waals surface area (Å²) in [6.07, 6.45) is 0.161. The van der Waals surface area contributed by atoms with Crippen LogP contribution in [0.2, 0.25) is 0 Å². The Labute approximate surface area is 148 Å². The molecule has 142 valence electrons. The van der Waals surface area contributed by atoms with Gasteiger partial charge in [-0.25, -0.2) is 18.0 Å². The van der Waals surface area contributed by atoms with Crippen molar-refractivity contribution in [2.24, 2.45) is 5.73 Å². The smallest absolute Gasteiger partial charge is 0.409 e. The number of carbonyl (C=O) groups is 2. The summed E-state index contributed by atoms with van der Waals surface area (Å²) in [5, 5.41) is 0. The average Bonchev–Trinajstić information content (AvgIpc) is 3.19. The van der Waals surface area contributed by atoms with Crippen LogP contribution in [0.15, 0.2) is 12.1 Å². The largest absolute Gasteiger partial charge is 0.453 e. The number of fused-ring (bicyclic) bond motifs is 2. The molecular weight excluding hydrogens is 351 g/mol. The van der Waals surface area contributed by atoms with E-state index in [9.17, 15) is 22.8 Å². The molecule has 0 spiro atoms. The summed E-state index contributed by atoms with van der Waals surface area (Å²) in [4.78, 5) is 27.4. The van der Waals surface area contributed by atoms with E-state index in [-0.39, 0.29) is 36.4 Å². The van der Waals surface area contributed by atoms with Gasteiger partial charge in [0.2, 0.25) is 5.91 Å². The molecule has 3 rings (SSSR count). The van der Waals surface area contributed by atoms with Crippen LogP contribution in [0, 0.1) is 17.5 Å². The summed E-state index contributed by atoms with van der Waals surface area (Å²) < 4.78 is 44.6. The first-order valence-electron chi connectivity index (χ1n) is 8.33. The second-order valence-electron chi connectivity index (χ2n) is 6.74. The van der Waals surface area contributed by atoms with Crippen LogP contribution < -0.4 is 5.73 Å². The second-order valence-corrected chi connectivity index (χ2v) is 6.74. The fraction of sp³-hybridized carbons (Fsp3) is 0.529. The van der Waals surface area contributed by atoms with Gasteiger partial charge in [-0.3, -0.25) is 4.79 Å². The Hall–Kier alpha value is -2.29. The lowest BCUT2D eigenvalue weighted by molar-refractivity contribution is -0.133. The van der Waals surface area contributed by atoms with Gasteiger partial charge in [-0.05, 0) is 24.5 Å². The van der Waals surface area contributed by atoms with E-state index < -0.39 is 29.6 Å². The first kappa shape index (κ1) is 18.5. The Morgan fingerprint density at radius 3 is 2.38 bits per heavy atom. The van der Waals surface area contributed by atoms with Crippen molar-refractivity contribution >= 4 is 12.0 Å². The predicted octanol–water partition coefficient (Wildman–Crippen LogP) is 1.42. The van der Waals surface area contributed by atoms with Crippen molar-refractivity contribution in [1.29, 1.82) is 0 Å². The van der Waals surface area contributed by atoms with Gasteiger partial charge in [-0.2, -0.15) is 0 Å². The molecule has 2 aliphatic rings. The molecule has 2 N–H and O–H groups in total. The number of hydrogen-bond donors (Lipinski definition) is 1. The van der Waals surface area contributed by atoms with Gasteiger partial charge in [-0.1, -0.05) is 0 Å². The summed E-state index contributed by atoms with van der Waals surface area (Å²) in [6, 6.07) is 0.355. The number of hydrogen-bond acceptors (Lipinski definition) is 4. The van der Waals surface area contributed by atoms with Gasteiger partial charge in [0.25, 0.3) is 0 Å². The zero-order valence-electron chi connectivity index (χ0n) is 14.3. The molecule has 6 nitrogen and oxygen atoms in total. The molecular formula is C17H20F3N3O3. The molecule has 0 aromatic heterocycles. The van der Waals surface area contributed by atoms with Crippen LogP contribution in [0.25, 0.3) is 0 Å². The van der Waals surface area contributed by atoms with Gasteiger partial charge >= 0.3 is 6.09 Å². The van der Waals surface area contributed by atoms with Crippen molar-refractivity contribution in [1.82, 2.24) is 9.80 Å². The van der Waals surface area contributed by atoms with E-state index in [4.69, 9.17) is 10.5 Å². The first-order chi connectivity index (χ1) is 12.3. The topological polar surface area (TPSA) is 75.9 Å². The first-order valence-corrected chi connectivity index (χ1v) is 8.33. The highest BCUT2D eigenvalue weighted by Crippen LogP contribution is 2.31. The van der Waals surface area contributed by atoms with Crippen molar-refractivity contribution in [3.8, 4) is 0 Å². The van der Waals surface area contributed by atoms with Crippen molar-refractivity contribution in [2.45, 2.75) is 37.4 Å². The Morgan fingerprint density at radius 1 is 1.15 bits per heavy atom. The molecule has 0 saturated carbocycles. The maximum atomic E-state index is 13.7. The average molecular weight is 371 g/mol. The molecule has 0 radical (unpaired) electrons. The minimum atomic E-state index is -1.26. The summed E-state index contributed by atoms with van der Waals surface area (Å²) in [5.41, 5.74) is 5.85. The van der Waals surface area contributed by atoms with Gasteiger partial charge in [0, 0.05) is 31.6 Å². The number of ether oxygens (including phenoxy) is 1. The Morgan fingerprint density at radius 2 is 1.77 bits per heavy atom. The fourth-order valence-electron chi connectivity index (χ4n) is 3.73. The summed E-state index contributed by atoms with van der Waals surface area (Å²) >= 11 is 0. The minimum Gasteiger partial charge on any atom is -0.453 e. The maximum absolute atomic E-state index is 13.7. The number of carbonyl (C=O) groups excluding carboxylic acids is 2. The Balaban J connectivity index is 1.56. The van der Waals surface area contributed by atoms with Crippen molar-refractivity contribution in [3.63, 3.8) is 0 Å². The van der Waals surface area contributed by atoms with E-state index in [0.29, 0.717) is 25.6 Å². The van der Waals surface area contributed by atoms with Crippen LogP contribution in [-0.4, -0.2) is 60.1 Å². The van der Waals surface area contributed by atoms with Crippen molar-refractivity contribution in [2.75, 3.05) is 20.2 Å². The summed E-state index contributed by atoms with van der Waals surface area (Å²) in [7, 11) is 1.31. The normalized spacial score (nSPS) is 22.7. The highest BCUT2D eigenvalue weighted by atomic mass is 19.2. The van der Waals surface area contributed by atoms with E-state index in [1.165, 1.54) is 7.11 Å². The van der Waals surface area contributed by atoms with E-state index in [1.807, 2.05) is 0 Å². The zero-order chi connectivity index (χ0) is 19.0.